The maximum absolute atomic E-state index is 12.4. The van der Waals surface area contributed by atoms with Gasteiger partial charge in [0.2, 0.25) is 0 Å². The van der Waals surface area contributed by atoms with E-state index < -0.39 is 22.1 Å². The summed E-state index contributed by atoms with van der Waals surface area (Å²) >= 11 is 6.48. The van der Waals surface area contributed by atoms with Crippen LogP contribution in [0.5, 0.6) is 5.75 Å². The summed E-state index contributed by atoms with van der Waals surface area (Å²) in [6.07, 6.45) is 1.25. The first-order chi connectivity index (χ1) is 13.2. The highest BCUT2D eigenvalue weighted by Gasteiger charge is 2.22. The second-order valence-electron chi connectivity index (χ2n) is 5.21. The molecule has 0 spiro atoms. The van der Waals surface area contributed by atoms with Crippen molar-refractivity contribution in [2.45, 2.75) is 4.90 Å². The van der Waals surface area contributed by atoms with Gasteiger partial charge in [-0.15, -0.1) is 0 Å². The van der Waals surface area contributed by atoms with Crippen LogP contribution in [0.3, 0.4) is 0 Å². The number of benzene rings is 2. The molecule has 0 saturated heterocycles. The summed E-state index contributed by atoms with van der Waals surface area (Å²) in [6, 6.07) is 10.6. The largest absolute Gasteiger partial charge is 0.465 e. The molecule has 0 radical (unpaired) electrons. The minimum atomic E-state index is -4.05. The average Bonchev–Trinajstić information content (AvgIpc) is 2.68. The normalized spacial score (nSPS) is 10.7. The lowest BCUT2D eigenvalue weighted by Crippen LogP contribution is -2.15. The van der Waals surface area contributed by atoms with E-state index in [1.54, 1.807) is 18.2 Å². The highest BCUT2D eigenvalue weighted by molar-refractivity contribution is 9.11. The van der Waals surface area contributed by atoms with Gasteiger partial charge in [-0.2, -0.15) is 8.42 Å². The molecule has 0 heterocycles. The van der Waals surface area contributed by atoms with Crippen LogP contribution in [-0.2, 0) is 29.2 Å². The second kappa shape index (κ2) is 9.35. The second-order valence-corrected chi connectivity index (χ2v) is 8.46. The van der Waals surface area contributed by atoms with Gasteiger partial charge < -0.3 is 13.7 Å². The van der Waals surface area contributed by atoms with E-state index in [1.807, 2.05) is 0 Å². The summed E-state index contributed by atoms with van der Waals surface area (Å²) in [5.74, 6) is -1.73. The Bertz CT molecular complexity index is 990. The molecule has 10 heteroatoms. The van der Waals surface area contributed by atoms with Crippen molar-refractivity contribution in [2.75, 3.05) is 14.2 Å². The number of carbonyl (C=O) groups excluding carboxylic acids is 2. The smallest absolute Gasteiger partial charge is 0.345 e. The molecule has 0 unspecified atom stereocenters. The van der Waals surface area contributed by atoms with Gasteiger partial charge >= 0.3 is 22.1 Å². The maximum atomic E-state index is 12.4. The summed E-state index contributed by atoms with van der Waals surface area (Å²) < 4.78 is 39.8. The average molecular weight is 534 g/mol. The molecule has 0 fully saturated rings. The Kier molecular flexibility index (Phi) is 7.39. The van der Waals surface area contributed by atoms with Crippen LogP contribution < -0.4 is 4.18 Å². The fraction of sp³-hybridized carbons (Fsp3) is 0.111. The Balaban J connectivity index is 2.44. The quantitative estimate of drug-likeness (QED) is 0.183. The number of halogens is 2. The van der Waals surface area contributed by atoms with Crippen molar-refractivity contribution < 1.29 is 31.7 Å². The third kappa shape index (κ3) is 5.21. The van der Waals surface area contributed by atoms with E-state index in [0.29, 0.717) is 5.56 Å². The molecule has 0 aliphatic rings. The minimum Gasteiger partial charge on any atom is -0.465 e. The zero-order valence-electron chi connectivity index (χ0n) is 14.6. The van der Waals surface area contributed by atoms with Crippen molar-refractivity contribution in [3.8, 4) is 5.75 Å². The molecule has 0 aliphatic carbocycles. The maximum Gasteiger partial charge on any atom is 0.345 e. The number of methoxy groups -OCH3 is 2. The van der Waals surface area contributed by atoms with Crippen LogP contribution in [0.1, 0.15) is 5.56 Å². The molecule has 0 bridgehead atoms. The van der Waals surface area contributed by atoms with Crippen LogP contribution >= 0.6 is 31.9 Å². The lowest BCUT2D eigenvalue weighted by atomic mass is 10.1. The molecular weight excluding hydrogens is 520 g/mol. The summed E-state index contributed by atoms with van der Waals surface area (Å²) in [5.41, 5.74) is 0.0726. The van der Waals surface area contributed by atoms with Gasteiger partial charge in [0.25, 0.3) is 0 Å². The van der Waals surface area contributed by atoms with Crippen LogP contribution in [0.4, 0.5) is 0 Å². The van der Waals surface area contributed by atoms with Crippen LogP contribution in [0.2, 0.25) is 0 Å². The first-order valence-corrected chi connectivity index (χ1v) is 10.6. The van der Waals surface area contributed by atoms with Gasteiger partial charge in [-0.05, 0) is 67.8 Å². The number of esters is 2. The van der Waals surface area contributed by atoms with Gasteiger partial charge in [-0.3, -0.25) is 0 Å². The van der Waals surface area contributed by atoms with Crippen molar-refractivity contribution >= 4 is 60.0 Å². The highest BCUT2D eigenvalue weighted by Crippen LogP contribution is 2.37. The zero-order chi connectivity index (χ0) is 20.9. The van der Waals surface area contributed by atoms with Crippen molar-refractivity contribution in [1.82, 2.24) is 0 Å². The standard InChI is InChI=1S/C18H14Br2O7S/c1-25-17(21)13(18(22)26-2)8-11-9-14(19)16(15(20)10-11)27-28(23,24)12-6-4-3-5-7-12/h3-10H,1-2H3. The monoisotopic (exact) mass is 532 g/mol. The van der Waals surface area contributed by atoms with Gasteiger partial charge in [-0.1, -0.05) is 18.2 Å². The first-order valence-electron chi connectivity index (χ1n) is 7.56. The summed E-state index contributed by atoms with van der Waals surface area (Å²) in [7, 11) is -1.78. The predicted octanol–water partition coefficient (Wildman–Crippen LogP) is 3.71. The summed E-state index contributed by atoms with van der Waals surface area (Å²) in [6.45, 7) is 0. The van der Waals surface area contributed by atoms with E-state index in [4.69, 9.17) is 4.18 Å². The Hall–Kier alpha value is -2.17. The minimum absolute atomic E-state index is 0.00330. The van der Waals surface area contributed by atoms with Crippen molar-refractivity contribution in [2.24, 2.45) is 0 Å². The lowest BCUT2D eigenvalue weighted by Gasteiger charge is -2.12. The van der Waals surface area contributed by atoms with Crippen LogP contribution in [0, 0.1) is 0 Å². The van der Waals surface area contributed by atoms with Crippen molar-refractivity contribution in [3.05, 3.63) is 62.5 Å². The Labute approximate surface area is 178 Å². The van der Waals surface area contributed by atoms with Gasteiger partial charge in [0.15, 0.2) is 5.75 Å². The van der Waals surface area contributed by atoms with E-state index in [9.17, 15) is 18.0 Å². The van der Waals surface area contributed by atoms with Crippen LogP contribution in [0.25, 0.3) is 6.08 Å². The Morgan fingerprint density at radius 3 is 1.89 bits per heavy atom. The molecular formula is C18H14Br2O7S. The van der Waals surface area contributed by atoms with E-state index in [1.165, 1.54) is 30.3 Å². The molecule has 148 valence electrons. The fourth-order valence-electron chi connectivity index (χ4n) is 2.08. The lowest BCUT2D eigenvalue weighted by molar-refractivity contribution is -0.143. The van der Waals surface area contributed by atoms with Gasteiger partial charge in [0.05, 0.1) is 23.2 Å². The van der Waals surface area contributed by atoms with Crippen LogP contribution in [0.15, 0.2) is 61.9 Å². The number of carbonyl (C=O) groups is 2. The Morgan fingerprint density at radius 1 is 0.929 bits per heavy atom. The third-order valence-electron chi connectivity index (χ3n) is 3.37. The van der Waals surface area contributed by atoms with E-state index >= 15 is 0 Å². The number of ether oxygens (including phenoxy) is 2. The molecule has 2 rings (SSSR count). The molecule has 7 nitrogen and oxygen atoms in total. The molecule has 0 amide bonds. The van der Waals surface area contributed by atoms with E-state index in [0.717, 1.165) is 14.2 Å². The third-order valence-corrected chi connectivity index (χ3v) is 5.78. The number of hydrogen-bond donors (Lipinski definition) is 0. The van der Waals surface area contributed by atoms with E-state index in [2.05, 4.69) is 41.3 Å². The topological polar surface area (TPSA) is 96.0 Å². The zero-order valence-corrected chi connectivity index (χ0v) is 18.6. The van der Waals surface area contributed by atoms with Gasteiger partial charge in [0.1, 0.15) is 10.5 Å². The van der Waals surface area contributed by atoms with Crippen LogP contribution in [-0.4, -0.2) is 34.6 Å². The molecule has 0 N–H and O–H groups in total. The van der Waals surface area contributed by atoms with Gasteiger partial charge in [0, 0.05) is 0 Å². The van der Waals surface area contributed by atoms with Crippen molar-refractivity contribution in [3.63, 3.8) is 0 Å². The summed E-state index contributed by atoms with van der Waals surface area (Å²) in [5, 5.41) is 0. The summed E-state index contributed by atoms with van der Waals surface area (Å²) in [4.78, 5) is 23.6. The fourth-order valence-corrected chi connectivity index (χ4v) is 4.66. The molecule has 0 atom stereocenters. The molecule has 2 aromatic rings. The molecule has 28 heavy (non-hydrogen) atoms. The molecule has 0 aromatic heterocycles. The molecule has 0 saturated carbocycles. The van der Waals surface area contributed by atoms with E-state index in [-0.39, 0.29) is 25.2 Å². The Morgan fingerprint density at radius 2 is 1.43 bits per heavy atom. The van der Waals surface area contributed by atoms with Gasteiger partial charge in [-0.25, -0.2) is 9.59 Å². The first kappa shape index (κ1) is 22.1. The number of rotatable bonds is 6. The highest BCUT2D eigenvalue weighted by atomic mass is 79.9. The molecule has 0 aliphatic heterocycles. The number of hydrogen-bond acceptors (Lipinski definition) is 7. The van der Waals surface area contributed by atoms with Crippen molar-refractivity contribution in [1.29, 1.82) is 0 Å². The predicted molar refractivity (Wildman–Crippen MR) is 108 cm³/mol. The molecule has 2 aromatic carbocycles. The SMILES string of the molecule is COC(=O)C(=Cc1cc(Br)c(OS(=O)(=O)c2ccccc2)c(Br)c1)C(=O)OC.